The van der Waals surface area contributed by atoms with Crippen molar-refractivity contribution in [1.29, 1.82) is 0 Å². The molecule has 0 radical (unpaired) electrons. The lowest BCUT2D eigenvalue weighted by atomic mass is 10.1. The number of aryl methyl sites for hydroxylation is 2. The lowest BCUT2D eigenvalue weighted by Crippen LogP contribution is -2.16. The third-order valence-corrected chi connectivity index (χ3v) is 6.43. The van der Waals surface area contributed by atoms with Crippen LogP contribution in [0, 0.1) is 13.8 Å². The van der Waals surface area contributed by atoms with Crippen LogP contribution in [0.2, 0.25) is 5.02 Å². The molecule has 6 nitrogen and oxygen atoms in total. The van der Waals surface area contributed by atoms with Crippen molar-refractivity contribution < 1.29 is 17.9 Å². The van der Waals surface area contributed by atoms with Crippen LogP contribution in [0.3, 0.4) is 0 Å². The summed E-state index contributed by atoms with van der Waals surface area (Å²) in [5.74, 6) is 0.118. The van der Waals surface area contributed by atoms with Crippen molar-refractivity contribution in [2.24, 2.45) is 0 Å². The van der Waals surface area contributed by atoms with Crippen LogP contribution < -0.4 is 14.8 Å². The number of carbonyl (C=O) groups excluding carboxylic acids is 1. The standard InChI is InChI=1S/C22H21ClN2O4S/c1-14-7-9-18(11-15(14)2)25-30(27,28)21-12-16(8-10-20(21)23)22(26)24-17-5-4-6-19(13-17)29-3/h4-13,25H,1-3H3,(H,24,26). The molecule has 156 valence electrons. The minimum absolute atomic E-state index is 0.0178. The van der Waals surface area contributed by atoms with Crippen LogP contribution in [-0.4, -0.2) is 21.4 Å². The van der Waals surface area contributed by atoms with Crippen molar-refractivity contribution in [1.82, 2.24) is 0 Å². The van der Waals surface area contributed by atoms with Crippen LogP contribution in [0.15, 0.2) is 65.6 Å². The third-order valence-electron chi connectivity index (χ3n) is 4.57. The van der Waals surface area contributed by atoms with Gasteiger partial charge in [0.2, 0.25) is 0 Å². The first-order chi connectivity index (χ1) is 14.2. The van der Waals surface area contributed by atoms with Crippen molar-refractivity contribution in [2.75, 3.05) is 17.1 Å². The van der Waals surface area contributed by atoms with Crippen molar-refractivity contribution in [2.45, 2.75) is 18.7 Å². The number of carbonyl (C=O) groups is 1. The smallest absolute Gasteiger partial charge is 0.263 e. The number of benzene rings is 3. The quantitative estimate of drug-likeness (QED) is 0.559. The van der Waals surface area contributed by atoms with Gasteiger partial charge in [-0.15, -0.1) is 0 Å². The molecular weight excluding hydrogens is 424 g/mol. The molecule has 3 aromatic rings. The Morgan fingerprint density at radius 1 is 0.933 bits per heavy atom. The molecule has 0 aromatic heterocycles. The van der Waals surface area contributed by atoms with E-state index in [1.807, 2.05) is 19.9 Å². The van der Waals surface area contributed by atoms with E-state index in [9.17, 15) is 13.2 Å². The highest BCUT2D eigenvalue weighted by Crippen LogP contribution is 2.26. The van der Waals surface area contributed by atoms with E-state index >= 15 is 0 Å². The average Bonchev–Trinajstić information content (AvgIpc) is 2.70. The molecule has 0 spiro atoms. The van der Waals surface area contributed by atoms with Crippen molar-refractivity contribution >= 4 is 38.9 Å². The number of hydrogen-bond donors (Lipinski definition) is 2. The van der Waals surface area contributed by atoms with E-state index in [1.54, 1.807) is 36.4 Å². The molecule has 3 rings (SSSR count). The maximum Gasteiger partial charge on any atom is 0.263 e. The predicted molar refractivity (Wildman–Crippen MR) is 119 cm³/mol. The summed E-state index contributed by atoms with van der Waals surface area (Å²) >= 11 is 6.14. The fraction of sp³-hybridized carbons (Fsp3) is 0.136. The van der Waals surface area contributed by atoms with Crippen molar-refractivity contribution in [3.63, 3.8) is 0 Å². The summed E-state index contributed by atoms with van der Waals surface area (Å²) in [7, 11) is -2.47. The van der Waals surface area contributed by atoms with E-state index in [-0.39, 0.29) is 15.5 Å². The second-order valence-electron chi connectivity index (χ2n) is 6.74. The molecule has 0 atom stereocenters. The number of amides is 1. The highest BCUT2D eigenvalue weighted by Gasteiger charge is 2.21. The van der Waals surface area contributed by atoms with Gasteiger partial charge >= 0.3 is 0 Å². The molecule has 0 heterocycles. The number of rotatable bonds is 6. The molecule has 30 heavy (non-hydrogen) atoms. The Bertz CT molecular complexity index is 1210. The first kappa shape index (κ1) is 21.7. The summed E-state index contributed by atoms with van der Waals surface area (Å²) in [4.78, 5) is 12.5. The molecule has 0 saturated heterocycles. The number of hydrogen-bond acceptors (Lipinski definition) is 4. The van der Waals surface area contributed by atoms with Gasteiger partial charge in [-0.2, -0.15) is 0 Å². The van der Waals surface area contributed by atoms with Gasteiger partial charge in [0, 0.05) is 23.0 Å². The maximum absolute atomic E-state index is 12.9. The monoisotopic (exact) mass is 444 g/mol. The number of sulfonamides is 1. The van der Waals surface area contributed by atoms with E-state index < -0.39 is 15.9 Å². The molecule has 0 bridgehead atoms. The summed E-state index contributed by atoms with van der Waals surface area (Å²) in [6.45, 7) is 3.83. The molecule has 0 aliphatic heterocycles. The number of ether oxygens (including phenoxy) is 1. The van der Waals surface area contributed by atoms with Gasteiger partial charge in [0.05, 0.1) is 12.1 Å². The largest absolute Gasteiger partial charge is 0.497 e. The van der Waals surface area contributed by atoms with Crippen LogP contribution in [0.1, 0.15) is 21.5 Å². The van der Waals surface area contributed by atoms with Gasteiger partial charge in [-0.3, -0.25) is 9.52 Å². The van der Waals surface area contributed by atoms with Gasteiger partial charge in [-0.1, -0.05) is 23.7 Å². The van der Waals surface area contributed by atoms with Gasteiger partial charge in [0.15, 0.2) is 0 Å². The average molecular weight is 445 g/mol. The zero-order chi connectivity index (χ0) is 21.9. The van der Waals surface area contributed by atoms with Crippen LogP contribution in [0.5, 0.6) is 5.75 Å². The summed E-state index contributed by atoms with van der Waals surface area (Å²) in [6, 6.07) is 16.2. The van der Waals surface area contributed by atoms with Crippen molar-refractivity contribution in [3.8, 4) is 5.75 Å². The molecule has 2 N–H and O–H groups in total. The predicted octanol–water partition coefficient (Wildman–Crippen LogP) is 5.02. The summed E-state index contributed by atoms with van der Waals surface area (Å²) in [5.41, 5.74) is 3.09. The Hall–Kier alpha value is -3.03. The second-order valence-corrected chi connectivity index (χ2v) is 8.79. The lowest BCUT2D eigenvalue weighted by molar-refractivity contribution is 0.102. The van der Waals surface area contributed by atoms with Gasteiger partial charge in [-0.05, 0) is 67.4 Å². The molecule has 0 unspecified atom stereocenters. The number of nitrogens with one attached hydrogen (secondary N) is 2. The third kappa shape index (κ3) is 4.93. The summed E-state index contributed by atoms with van der Waals surface area (Å²) in [5, 5.41) is 2.74. The molecular formula is C22H21ClN2O4S. The van der Waals surface area contributed by atoms with Gasteiger partial charge in [0.25, 0.3) is 15.9 Å². The van der Waals surface area contributed by atoms with E-state index in [1.165, 1.54) is 25.3 Å². The van der Waals surface area contributed by atoms with E-state index in [0.717, 1.165) is 11.1 Å². The van der Waals surface area contributed by atoms with Crippen molar-refractivity contribution in [3.05, 3.63) is 82.4 Å². The van der Waals surface area contributed by atoms with Gasteiger partial charge in [-0.25, -0.2) is 8.42 Å². The fourth-order valence-corrected chi connectivity index (χ4v) is 4.35. The first-order valence-electron chi connectivity index (χ1n) is 9.04. The SMILES string of the molecule is COc1cccc(NC(=O)c2ccc(Cl)c(S(=O)(=O)Nc3ccc(C)c(C)c3)c2)c1. The Balaban J connectivity index is 1.87. The minimum atomic E-state index is -4.00. The van der Waals surface area contributed by atoms with E-state index in [2.05, 4.69) is 10.0 Å². The number of anilines is 2. The van der Waals surface area contributed by atoms with Crippen LogP contribution in [0.4, 0.5) is 11.4 Å². The van der Waals surface area contributed by atoms with E-state index in [0.29, 0.717) is 17.1 Å². The number of methoxy groups -OCH3 is 1. The molecule has 8 heteroatoms. The molecule has 1 amide bonds. The Morgan fingerprint density at radius 3 is 2.40 bits per heavy atom. The Kier molecular flexibility index (Phi) is 6.34. The second kappa shape index (κ2) is 8.77. The molecule has 0 saturated carbocycles. The molecule has 0 fully saturated rings. The fourth-order valence-electron chi connectivity index (χ4n) is 2.77. The summed E-state index contributed by atoms with van der Waals surface area (Å²) < 4.78 is 33.4. The Morgan fingerprint density at radius 2 is 1.70 bits per heavy atom. The van der Waals surface area contributed by atoms with Crippen LogP contribution in [0.25, 0.3) is 0 Å². The lowest BCUT2D eigenvalue weighted by Gasteiger charge is -2.12. The van der Waals surface area contributed by atoms with Crippen LogP contribution >= 0.6 is 11.6 Å². The maximum atomic E-state index is 12.9. The highest BCUT2D eigenvalue weighted by atomic mass is 35.5. The van der Waals surface area contributed by atoms with Gasteiger partial charge in [0.1, 0.15) is 10.6 Å². The topological polar surface area (TPSA) is 84.5 Å². The van der Waals surface area contributed by atoms with Gasteiger partial charge < -0.3 is 10.1 Å². The Labute approximate surface area is 180 Å². The molecule has 3 aromatic carbocycles. The minimum Gasteiger partial charge on any atom is -0.497 e. The first-order valence-corrected chi connectivity index (χ1v) is 10.9. The van der Waals surface area contributed by atoms with Crippen LogP contribution in [-0.2, 0) is 10.0 Å². The normalized spacial score (nSPS) is 11.1. The zero-order valence-corrected chi connectivity index (χ0v) is 18.3. The molecule has 0 aliphatic rings. The molecule has 0 aliphatic carbocycles. The number of halogens is 1. The van der Waals surface area contributed by atoms with E-state index in [4.69, 9.17) is 16.3 Å². The zero-order valence-electron chi connectivity index (χ0n) is 16.7. The highest BCUT2D eigenvalue weighted by molar-refractivity contribution is 7.92. The summed E-state index contributed by atoms with van der Waals surface area (Å²) in [6.07, 6.45) is 0.